The molecule has 4 aliphatic heterocycles. The molecule has 23 heavy (non-hydrogen) atoms. The van der Waals surface area contributed by atoms with E-state index in [2.05, 4.69) is 10.6 Å². The first-order valence-electron chi connectivity index (χ1n) is 8.78. The smallest absolute Gasteiger partial charge is 0.313 e. The number of carboxylic acids is 1. The lowest BCUT2D eigenvalue weighted by atomic mass is 9.69. The van der Waals surface area contributed by atoms with E-state index in [4.69, 9.17) is 9.84 Å². The second-order valence-electron chi connectivity index (χ2n) is 7.67. The lowest BCUT2D eigenvalue weighted by Gasteiger charge is -2.44. The molecule has 4 saturated heterocycles. The molecule has 0 amide bonds. The van der Waals surface area contributed by atoms with Crippen molar-refractivity contribution in [3.63, 3.8) is 0 Å². The Balaban J connectivity index is 0.000000136. The van der Waals surface area contributed by atoms with Crippen LogP contribution in [0.4, 0.5) is 0 Å². The average Bonchev–Trinajstić information content (AvgIpc) is 2.64. The first kappa shape index (κ1) is 16.7. The lowest BCUT2D eigenvalue weighted by molar-refractivity contribution is -0.157. The molecule has 130 valence electrons. The third-order valence-corrected chi connectivity index (χ3v) is 6.42. The Morgan fingerprint density at radius 1 is 0.913 bits per heavy atom. The SMILES string of the molecule is COC(=O)C12CCC(CC1)NC2.O=C(O)C12CCC(CC1)NC2. The fourth-order valence-electron chi connectivity index (χ4n) is 4.56. The van der Waals surface area contributed by atoms with Gasteiger partial charge >= 0.3 is 11.9 Å². The van der Waals surface area contributed by atoms with Crippen molar-refractivity contribution in [2.75, 3.05) is 20.2 Å². The molecule has 0 atom stereocenters. The molecule has 0 aromatic carbocycles. The van der Waals surface area contributed by atoms with Crippen LogP contribution in [0, 0.1) is 10.8 Å². The van der Waals surface area contributed by atoms with E-state index in [1.54, 1.807) is 0 Å². The molecule has 6 nitrogen and oxygen atoms in total. The molecule has 0 unspecified atom stereocenters. The highest BCUT2D eigenvalue weighted by atomic mass is 16.5. The fraction of sp³-hybridized carbons (Fsp3) is 0.882. The fourth-order valence-corrected chi connectivity index (χ4v) is 4.56. The normalized spacial score (nSPS) is 40.9. The molecule has 3 N–H and O–H groups in total. The monoisotopic (exact) mass is 324 g/mol. The van der Waals surface area contributed by atoms with Gasteiger partial charge in [0.1, 0.15) is 0 Å². The molecule has 6 fully saturated rings. The van der Waals surface area contributed by atoms with Crippen molar-refractivity contribution in [2.45, 2.75) is 63.5 Å². The van der Waals surface area contributed by atoms with Crippen LogP contribution in [0.2, 0.25) is 0 Å². The third kappa shape index (κ3) is 3.11. The van der Waals surface area contributed by atoms with Gasteiger partial charge in [-0.15, -0.1) is 0 Å². The number of ether oxygens (including phenoxy) is 1. The van der Waals surface area contributed by atoms with Gasteiger partial charge in [-0.1, -0.05) is 0 Å². The number of hydrogen-bond donors (Lipinski definition) is 3. The van der Waals surface area contributed by atoms with E-state index in [-0.39, 0.29) is 11.4 Å². The van der Waals surface area contributed by atoms with Crippen LogP contribution in [0.1, 0.15) is 51.4 Å². The van der Waals surface area contributed by atoms with Gasteiger partial charge in [-0.2, -0.15) is 0 Å². The Morgan fingerprint density at radius 2 is 1.35 bits per heavy atom. The Bertz CT molecular complexity index is 436. The summed E-state index contributed by atoms with van der Waals surface area (Å²) < 4.78 is 4.83. The number of piperidine rings is 4. The molecular weight excluding hydrogens is 296 g/mol. The molecule has 6 aliphatic rings. The maximum absolute atomic E-state index is 11.5. The van der Waals surface area contributed by atoms with Crippen LogP contribution in [0.5, 0.6) is 0 Å². The number of methoxy groups -OCH3 is 1. The summed E-state index contributed by atoms with van der Waals surface area (Å²) in [6.07, 6.45) is 8.14. The van der Waals surface area contributed by atoms with E-state index in [9.17, 15) is 9.59 Å². The number of esters is 1. The molecule has 0 aromatic rings. The molecular formula is C17H28N2O4. The summed E-state index contributed by atoms with van der Waals surface area (Å²) in [6, 6.07) is 1.27. The van der Waals surface area contributed by atoms with Gasteiger partial charge in [0.25, 0.3) is 0 Å². The van der Waals surface area contributed by atoms with Gasteiger partial charge in [0, 0.05) is 25.2 Å². The number of fused-ring (bicyclic) bond motifs is 6. The van der Waals surface area contributed by atoms with Gasteiger partial charge < -0.3 is 20.5 Å². The van der Waals surface area contributed by atoms with Crippen molar-refractivity contribution in [3.05, 3.63) is 0 Å². The minimum atomic E-state index is -0.608. The second kappa shape index (κ2) is 6.40. The van der Waals surface area contributed by atoms with Gasteiger partial charge in [0.05, 0.1) is 17.9 Å². The Labute approximate surface area is 137 Å². The van der Waals surface area contributed by atoms with Crippen molar-refractivity contribution < 1.29 is 19.4 Å². The van der Waals surface area contributed by atoms with Crippen molar-refractivity contribution in [1.82, 2.24) is 10.6 Å². The molecule has 0 aromatic heterocycles. The van der Waals surface area contributed by atoms with E-state index in [0.717, 1.165) is 57.9 Å². The number of hydrogen-bond acceptors (Lipinski definition) is 5. The van der Waals surface area contributed by atoms with Crippen LogP contribution in [0.3, 0.4) is 0 Å². The van der Waals surface area contributed by atoms with Gasteiger partial charge in [-0.3, -0.25) is 9.59 Å². The predicted molar refractivity (Wildman–Crippen MR) is 85.0 cm³/mol. The summed E-state index contributed by atoms with van der Waals surface area (Å²) in [5.74, 6) is -0.628. The zero-order valence-electron chi connectivity index (χ0n) is 13.9. The number of carbonyl (C=O) groups excluding carboxylic acids is 1. The maximum atomic E-state index is 11.5. The molecule has 2 saturated carbocycles. The van der Waals surface area contributed by atoms with Gasteiger partial charge in [0.2, 0.25) is 0 Å². The van der Waals surface area contributed by atoms with Gasteiger partial charge in [-0.05, 0) is 51.4 Å². The van der Waals surface area contributed by atoms with Crippen molar-refractivity contribution in [1.29, 1.82) is 0 Å². The van der Waals surface area contributed by atoms with Crippen LogP contribution < -0.4 is 10.6 Å². The second-order valence-corrected chi connectivity index (χ2v) is 7.67. The topological polar surface area (TPSA) is 87.7 Å². The van der Waals surface area contributed by atoms with Crippen LogP contribution in [-0.4, -0.2) is 49.3 Å². The average molecular weight is 324 g/mol. The van der Waals surface area contributed by atoms with Crippen LogP contribution in [0.25, 0.3) is 0 Å². The third-order valence-electron chi connectivity index (χ3n) is 6.42. The molecule has 0 spiro atoms. The van der Waals surface area contributed by atoms with Crippen LogP contribution in [-0.2, 0) is 14.3 Å². The zero-order valence-corrected chi connectivity index (χ0v) is 13.9. The van der Waals surface area contributed by atoms with E-state index >= 15 is 0 Å². The molecule has 6 heteroatoms. The zero-order chi connectivity index (χ0) is 16.5. The number of aliphatic carboxylic acids is 1. The van der Waals surface area contributed by atoms with E-state index < -0.39 is 11.4 Å². The number of carbonyl (C=O) groups is 2. The maximum Gasteiger partial charge on any atom is 0.313 e. The van der Waals surface area contributed by atoms with Crippen molar-refractivity contribution in [2.24, 2.45) is 10.8 Å². The molecule has 4 heterocycles. The summed E-state index contributed by atoms with van der Waals surface area (Å²) in [5, 5.41) is 15.6. The van der Waals surface area contributed by atoms with E-state index in [1.807, 2.05) is 0 Å². The molecule has 4 bridgehead atoms. The highest BCUT2D eigenvalue weighted by Crippen LogP contribution is 2.41. The Hall–Kier alpha value is -1.14. The highest BCUT2D eigenvalue weighted by molar-refractivity contribution is 5.77. The van der Waals surface area contributed by atoms with Crippen LogP contribution >= 0.6 is 0 Å². The van der Waals surface area contributed by atoms with Gasteiger partial charge in [-0.25, -0.2) is 0 Å². The number of rotatable bonds is 2. The molecule has 0 radical (unpaired) electrons. The predicted octanol–water partition coefficient (Wildman–Crippen LogP) is 1.29. The summed E-state index contributed by atoms with van der Waals surface area (Å²) >= 11 is 0. The summed E-state index contributed by atoms with van der Waals surface area (Å²) in [5.41, 5.74) is -0.585. The van der Waals surface area contributed by atoms with Crippen molar-refractivity contribution in [3.8, 4) is 0 Å². The highest BCUT2D eigenvalue weighted by Gasteiger charge is 2.47. The van der Waals surface area contributed by atoms with Gasteiger partial charge in [0.15, 0.2) is 0 Å². The number of carboxylic acid groups (broad SMARTS) is 1. The largest absolute Gasteiger partial charge is 0.481 e. The van der Waals surface area contributed by atoms with E-state index in [0.29, 0.717) is 18.6 Å². The summed E-state index contributed by atoms with van der Waals surface area (Å²) in [7, 11) is 1.48. The Kier molecular flexibility index (Phi) is 4.65. The number of nitrogens with one attached hydrogen (secondary N) is 2. The summed E-state index contributed by atoms with van der Waals surface area (Å²) in [4.78, 5) is 22.4. The minimum Gasteiger partial charge on any atom is -0.481 e. The molecule has 6 rings (SSSR count). The first-order valence-corrected chi connectivity index (χ1v) is 8.78. The minimum absolute atomic E-state index is 0.0202. The quantitative estimate of drug-likeness (QED) is 0.664. The summed E-state index contributed by atoms with van der Waals surface area (Å²) in [6.45, 7) is 1.51. The lowest BCUT2D eigenvalue weighted by Crippen LogP contribution is -2.55. The Morgan fingerprint density at radius 3 is 1.61 bits per heavy atom. The van der Waals surface area contributed by atoms with Crippen LogP contribution in [0.15, 0.2) is 0 Å². The standard InChI is InChI=1S/C9H15NO2.C8H13NO2/c1-12-8(11)9-4-2-7(3-5-9)10-6-9;10-7(11)8-3-1-6(2-4-8)9-5-8/h7,10H,2-6H2,1H3;6,9H,1-5H2,(H,10,11). The van der Waals surface area contributed by atoms with E-state index in [1.165, 1.54) is 7.11 Å². The first-order chi connectivity index (χ1) is 11.0. The van der Waals surface area contributed by atoms with Crippen molar-refractivity contribution >= 4 is 11.9 Å². The molecule has 2 aliphatic carbocycles.